The van der Waals surface area contributed by atoms with Gasteiger partial charge in [-0.25, -0.2) is 15.0 Å². The van der Waals surface area contributed by atoms with Gasteiger partial charge in [0.2, 0.25) is 0 Å². The third-order valence-electron chi connectivity index (χ3n) is 3.16. The van der Waals surface area contributed by atoms with Crippen LogP contribution in [-0.4, -0.2) is 33.2 Å². The van der Waals surface area contributed by atoms with Crippen LogP contribution in [0, 0.1) is 5.41 Å². The minimum Gasteiger partial charge on any atom is -0.393 e. The highest BCUT2D eigenvalue weighted by atomic mass is 15.1. The fraction of sp³-hybridized carbons (Fsp3) is 0.0625. The summed E-state index contributed by atoms with van der Waals surface area (Å²) >= 11 is 0. The molecule has 3 aromatic rings. The van der Waals surface area contributed by atoms with E-state index in [4.69, 9.17) is 5.41 Å². The molecule has 23 heavy (non-hydrogen) atoms. The Balaban J connectivity index is 1.97. The monoisotopic (exact) mass is 305 g/mol. The summed E-state index contributed by atoms with van der Waals surface area (Å²) in [5.74, 6) is 1.34. The molecule has 0 aliphatic heterocycles. The van der Waals surface area contributed by atoms with Crippen molar-refractivity contribution in [3.63, 3.8) is 0 Å². The van der Waals surface area contributed by atoms with E-state index in [1.165, 1.54) is 12.5 Å². The molecule has 0 atom stereocenters. The quantitative estimate of drug-likeness (QED) is 0.626. The largest absolute Gasteiger partial charge is 0.393 e. The molecule has 0 fully saturated rings. The fourth-order valence-electron chi connectivity index (χ4n) is 2.09. The van der Waals surface area contributed by atoms with E-state index < -0.39 is 0 Å². The number of hydrogen-bond acceptors (Lipinski definition) is 7. The van der Waals surface area contributed by atoms with Crippen LogP contribution in [0.25, 0.3) is 16.6 Å². The lowest BCUT2D eigenvalue weighted by Crippen LogP contribution is -1.99. The molecule has 0 amide bonds. The summed E-state index contributed by atoms with van der Waals surface area (Å²) in [4.78, 5) is 16.9. The van der Waals surface area contributed by atoms with Crippen LogP contribution in [0.1, 0.15) is 5.56 Å². The zero-order valence-corrected chi connectivity index (χ0v) is 12.5. The van der Waals surface area contributed by atoms with E-state index in [0.29, 0.717) is 11.6 Å². The lowest BCUT2D eigenvalue weighted by Gasteiger charge is -2.07. The van der Waals surface area contributed by atoms with Crippen LogP contribution in [0.15, 0.2) is 49.2 Å². The molecule has 7 heteroatoms. The minimum absolute atomic E-state index is 0.671. The predicted octanol–water partition coefficient (Wildman–Crippen LogP) is 2.37. The Morgan fingerprint density at radius 1 is 1.13 bits per heavy atom. The van der Waals surface area contributed by atoms with Crippen molar-refractivity contribution in [1.82, 2.24) is 25.3 Å². The van der Waals surface area contributed by atoms with Crippen molar-refractivity contribution in [2.45, 2.75) is 0 Å². The molecule has 0 aliphatic rings. The zero-order valence-electron chi connectivity index (χ0n) is 12.5. The van der Waals surface area contributed by atoms with Gasteiger partial charge in [-0.15, -0.1) is 0 Å². The van der Waals surface area contributed by atoms with Gasteiger partial charge in [-0.2, -0.15) is 0 Å². The molecule has 3 N–H and O–H groups in total. The van der Waals surface area contributed by atoms with Crippen LogP contribution in [0.3, 0.4) is 0 Å². The predicted molar refractivity (Wildman–Crippen MR) is 90.7 cm³/mol. The second-order valence-electron chi connectivity index (χ2n) is 4.71. The van der Waals surface area contributed by atoms with Crippen molar-refractivity contribution < 1.29 is 0 Å². The Morgan fingerprint density at radius 2 is 2.04 bits per heavy atom. The summed E-state index contributed by atoms with van der Waals surface area (Å²) in [6, 6.07) is 7.41. The molecule has 0 saturated carbocycles. The van der Waals surface area contributed by atoms with Crippen molar-refractivity contribution >= 4 is 34.5 Å². The number of pyridine rings is 2. The maximum Gasteiger partial charge on any atom is 0.134 e. The van der Waals surface area contributed by atoms with Gasteiger partial charge >= 0.3 is 0 Å². The molecular formula is C16H15N7. The van der Waals surface area contributed by atoms with Crippen molar-refractivity contribution in [3.05, 3.63) is 54.7 Å². The summed E-state index contributed by atoms with van der Waals surface area (Å²) in [6.07, 6.45) is 7.90. The van der Waals surface area contributed by atoms with Gasteiger partial charge in [0.1, 0.15) is 18.0 Å². The molecule has 0 bridgehead atoms. The van der Waals surface area contributed by atoms with Gasteiger partial charge in [-0.05, 0) is 24.3 Å². The van der Waals surface area contributed by atoms with Crippen LogP contribution in [0.5, 0.6) is 0 Å². The SMILES string of the molecule is CN/C=C(\C=N)c1cnc2ccc(Nc3ccncn3)nc2c1. The van der Waals surface area contributed by atoms with E-state index in [1.807, 2.05) is 18.2 Å². The summed E-state index contributed by atoms with van der Waals surface area (Å²) in [5.41, 5.74) is 3.09. The van der Waals surface area contributed by atoms with Crippen molar-refractivity contribution in [1.29, 1.82) is 5.41 Å². The lowest BCUT2D eigenvalue weighted by molar-refractivity contribution is 1.11. The number of anilines is 2. The first-order chi connectivity index (χ1) is 11.3. The lowest BCUT2D eigenvalue weighted by atomic mass is 10.1. The van der Waals surface area contributed by atoms with E-state index in [0.717, 1.165) is 22.2 Å². The number of hydrogen-bond donors (Lipinski definition) is 3. The Labute approximate surface area is 133 Å². The fourth-order valence-corrected chi connectivity index (χ4v) is 2.09. The average molecular weight is 305 g/mol. The van der Waals surface area contributed by atoms with Crippen LogP contribution >= 0.6 is 0 Å². The summed E-state index contributed by atoms with van der Waals surface area (Å²) in [6.45, 7) is 0. The molecule has 0 aliphatic carbocycles. The highest BCUT2D eigenvalue weighted by Crippen LogP contribution is 2.19. The van der Waals surface area contributed by atoms with Gasteiger partial charge < -0.3 is 16.0 Å². The third-order valence-corrected chi connectivity index (χ3v) is 3.16. The first kappa shape index (κ1) is 14.6. The van der Waals surface area contributed by atoms with Gasteiger partial charge in [0.05, 0.1) is 11.0 Å². The third kappa shape index (κ3) is 3.29. The number of allylic oxidation sites excluding steroid dienone is 1. The Morgan fingerprint density at radius 3 is 2.78 bits per heavy atom. The topological polar surface area (TPSA) is 99.5 Å². The number of aromatic nitrogens is 4. The standard InChI is InChI=1S/C16H15N7/c1-18-8-12(7-17)11-6-14-13(20-9-11)2-3-16(22-14)23-15-4-5-19-10-21-15/h2-10,17-18H,1H3,(H,19,21,22,23)/b12-8+,17-7?. The van der Waals surface area contributed by atoms with E-state index in [1.54, 1.807) is 31.7 Å². The summed E-state index contributed by atoms with van der Waals surface area (Å²) in [5, 5.41) is 13.5. The second-order valence-corrected chi connectivity index (χ2v) is 4.71. The maximum absolute atomic E-state index is 7.49. The van der Waals surface area contributed by atoms with Crippen molar-refractivity contribution in [3.8, 4) is 0 Å². The Hall–Kier alpha value is -3.35. The minimum atomic E-state index is 0.671. The average Bonchev–Trinajstić information content (AvgIpc) is 2.60. The van der Waals surface area contributed by atoms with E-state index in [-0.39, 0.29) is 0 Å². The first-order valence-corrected chi connectivity index (χ1v) is 6.98. The molecule has 0 radical (unpaired) electrons. The van der Waals surface area contributed by atoms with E-state index >= 15 is 0 Å². The number of nitrogens with one attached hydrogen (secondary N) is 3. The van der Waals surface area contributed by atoms with Gasteiger partial charge in [-0.3, -0.25) is 4.98 Å². The Bertz CT molecular complexity index is 859. The highest BCUT2D eigenvalue weighted by molar-refractivity contribution is 6.08. The van der Waals surface area contributed by atoms with Gasteiger partial charge in [0.25, 0.3) is 0 Å². The smallest absolute Gasteiger partial charge is 0.134 e. The molecule has 114 valence electrons. The molecular weight excluding hydrogens is 290 g/mol. The molecule has 3 aromatic heterocycles. The number of nitrogens with zero attached hydrogens (tertiary/aromatic N) is 4. The van der Waals surface area contributed by atoms with Gasteiger partial charge in [-0.1, -0.05) is 0 Å². The van der Waals surface area contributed by atoms with Crippen LogP contribution < -0.4 is 10.6 Å². The molecule has 7 nitrogen and oxygen atoms in total. The van der Waals surface area contributed by atoms with Crippen molar-refractivity contribution in [2.24, 2.45) is 0 Å². The van der Waals surface area contributed by atoms with E-state index in [9.17, 15) is 0 Å². The first-order valence-electron chi connectivity index (χ1n) is 6.98. The Kier molecular flexibility index (Phi) is 4.19. The molecule has 0 spiro atoms. The number of rotatable bonds is 5. The van der Waals surface area contributed by atoms with Crippen LogP contribution in [-0.2, 0) is 0 Å². The maximum atomic E-state index is 7.49. The molecule has 0 unspecified atom stereocenters. The second kappa shape index (κ2) is 6.61. The summed E-state index contributed by atoms with van der Waals surface area (Å²) in [7, 11) is 1.79. The number of fused-ring (bicyclic) bond motifs is 1. The van der Waals surface area contributed by atoms with Gasteiger partial charge in [0.15, 0.2) is 0 Å². The summed E-state index contributed by atoms with van der Waals surface area (Å²) < 4.78 is 0. The molecule has 0 aromatic carbocycles. The molecule has 3 heterocycles. The zero-order chi connectivity index (χ0) is 16.1. The van der Waals surface area contributed by atoms with E-state index in [2.05, 4.69) is 30.6 Å². The van der Waals surface area contributed by atoms with Crippen molar-refractivity contribution in [2.75, 3.05) is 12.4 Å². The normalized spacial score (nSPS) is 11.3. The molecule has 0 saturated heterocycles. The highest BCUT2D eigenvalue weighted by Gasteiger charge is 2.05. The van der Waals surface area contributed by atoms with Gasteiger partial charge in [0, 0.05) is 43.0 Å². The molecule has 3 rings (SSSR count). The van der Waals surface area contributed by atoms with Crippen LogP contribution in [0.4, 0.5) is 11.6 Å². The van der Waals surface area contributed by atoms with Crippen LogP contribution in [0.2, 0.25) is 0 Å².